The van der Waals surface area contributed by atoms with Gasteiger partial charge in [-0.1, -0.05) is 42.5 Å². The molecule has 2 heteroatoms. The highest BCUT2D eigenvalue weighted by atomic mass is 16.1. The number of anilines is 1. The Morgan fingerprint density at radius 1 is 1.05 bits per heavy atom. The van der Waals surface area contributed by atoms with Crippen molar-refractivity contribution >= 4 is 17.5 Å². The molecule has 20 heavy (non-hydrogen) atoms. The number of nitrogens with zero attached hydrogens (tertiary/aromatic N) is 1. The van der Waals surface area contributed by atoms with Gasteiger partial charge in [0, 0.05) is 18.3 Å². The first-order valence-electron chi connectivity index (χ1n) is 6.85. The van der Waals surface area contributed by atoms with Crippen molar-refractivity contribution in [2.75, 3.05) is 4.90 Å². The highest BCUT2D eigenvalue weighted by molar-refractivity contribution is 5.78. The summed E-state index contributed by atoms with van der Waals surface area (Å²) < 4.78 is 0. The molecule has 0 aromatic heterocycles. The third kappa shape index (κ3) is 2.37. The molecule has 0 saturated heterocycles. The molecule has 2 aromatic rings. The van der Waals surface area contributed by atoms with Gasteiger partial charge in [0.05, 0.1) is 6.04 Å². The minimum atomic E-state index is 0.0797. The van der Waals surface area contributed by atoms with Gasteiger partial charge in [-0.3, -0.25) is 4.79 Å². The quantitative estimate of drug-likeness (QED) is 0.827. The highest BCUT2D eigenvalue weighted by Crippen LogP contribution is 2.36. The van der Waals surface area contributed by atoms with E-state index in [0.29, 0.717) is 6.42 Å². The lowest BCUT2D eigenvalue weighted by molar-refractivity contribution is -0.117. The van der Waals surface area contributed by atoms with Gasteiger partial charge in [0.1, 0.15) is 5.78 Å². The first-order valence-corrected chi connectivity index (χ1v) is 6.85. The van der Waals surface area contributed by atoms with Crippen molar-refractivity contribution in [1.82, 2.24) is 0 Å². The fourth-order valence-electron chi connectivity index (χ4n) is 2.73. The number of fused-ring (bicyclic) bond motifs is 1. The summed E-state index contributed by atoms with van der Waals surface area (Å²) in [4.78, 5) is 13.8. The fraction of sp³-hybridized carbons (Fsp3) is 0.167. The summed E-state index contributed by atoms with van der Waals surface area (Å²) in [6, 6.07) is 18.6. The van der Waals surface area contributed by atoms with E-state index in [-0.39, 0.29) is 11.8 Å². The summed E-state index contributed by atoms with van der Waals surface area (Å²) in [5.41, 5.74) is 3.53. The minimum absolute atomic E-state index is 0.0797. The van der Waals surface area contributed by atoms with Gasteiger partial charge in [-0.25, -0.2) is 0 Å². The average Bonchev–Trinajstić information content (AvgIpc) is 2.48. The van der Waals surface area contributed by atoms with Gasteiger partial charge in [-0.15, -0.1) is 0 Å². The summed E-state index contributed by atoms with van der Waals surface area (Å²) in [7, 11) is 0. The lowest BCUT2D eigenvalue weighted by Crippen LogP contribution is -2.27. The maximum atomic E-state index is 11.6. The lowest BCUT2D eigenvalue weighted by atomic mass is 9.92. The van der Waals surface area contributed by atoms with E-state index < -0.39 is 0 Å². The largest absolute Gasteiger partial charge is 0.340 e. The first-order chi connectivity index (χ1) is 9.75. The summed E-state index contributed by atoms with van der Waals surface area (Å²) in [6.07, 6.45) is 4.71. The molecule has 1 aliphatic rings. The molecule has 0 bridgehead atoms. The second kappa shape index (κ2) is 5.33. The number of para-hydroxylation sites is 1. The van der Waals surface area contributed by atoms with Gasteiger partial charge < -0.3 is 4.90 Å². The molecule has 0 N–H and O–H groups in total. The fourth-order valence-corrected chi connectivity index (χ4v) is 2.73. The molecule has 100 valence electrons. The van der Waals surface area contributed by atoms with E-state index in [1.807, 2.05) is 30.3 Å². The highest BCUT2D eigenvalue weighted by Gasteiger charge is 2.25. The molecule has 2 aromatic carbocycles. The van der Waals surface area contributed by atoms with Gasteiger partial charge in [-0.05, 0) is 36.3 Å². The summed E-state index contributed by atoms with van der Waals surface area (Å²) in [5, 5.41) is 0. The summed E-state index contributed by atoms with van der Waals surface area (Å²) in [6.45, 7) is 1.66. The Balaban J connectivity index is 2.05. The normalized spacial score (nSPS) is 16.9. The van der Waals surface area contributed by atoms with Crippen LogP contribution in [0.5, 0.6) is 0 Å². The third-order valence-electron chi connectivity index (χ3n) is 3.64. The standard InChI is InChI=1S/C18H17NO/c1-14(20)13-18-17-10-6-5-7-15(17)11-12-19(18)16-8-3-2-4-9-16/h2-12,18H,13H2,1H3. The number of carbonyl (C=O) groups excluding carboxylic acids is 1. The SMILES string of the molecule is CC(=O)CC1c2ccccc2C=CN1c1ccccc1. The number of Topliss-reactive ketones (excluding diaryl/α,β-unsaturated/α-hetero) is 1. The molecule has 3 rings (SSSR count). The van der Waals surface area contributed by atoms with E-state index in [0.717, 1.165) is 5.69 Å². The molecule has 0 radical (unpaired) electrons. The van der Waals surface area contributed by atoms with Crippen molar-refractivity contribution in [3.8, 4) is 0 Å². The Bertz CT molecular complexity index is 645. The van der Waals surface area contributed by atoms with Crippen LogP contribution in [0.2, 0.25) is 0 Å². The van der Waals surface area contributed by atoms with Crippen LogP contribution < -0.4 is 4.90 Å². The van der Waals surface area contributed by atoms with Crippen LogP contribution in [0.3, 0.4) is 0 Å². The van der Waals surface area contributed by atoms with Crippen LogP contribution in [0.4, 0.5) is 5.69 Å². The van der Waals surface area contributed by atoms with E-state index in [9.17, 15) is 4.79 Å². The van der Waals surface area contributed by atoms with Crippen LogP contribution in [0.25, 0.3) is 6.08 Å². The molecule has 0 fully saturated rings. The average molecular weight is 263 g/mol. The van der Waals surface area contributed by atoms with E-state index in [1.54, 1.807) is 6.92 Å². The van der Waals surface area contributed by atoms with Crippen LogP contribution in [-0.4, -0.2) is 5.78 Å². The first kappa shape index (κ1) is 12.7. The van der Waals surface area contributed by atoms with Crippen LogP contribution in [0.15, 0.2) is 60.8 Å². The Kier molecular flexibility index (Phi) is 3.38. The van der Waals surface area contributed by atoms with Crippen molar-refractivity contribution in [1.29, 1.82) is 0 Å². The Morgan fingerprint density at radius 3 is 2.50 bits per heavy atom. The van der Waals surface area contributed by atoms with E-state index in [2.05, 4.69) is 41.4 Å². The predicted molar refractivity (Wildman–Crippen MR) is 82.4 cm³/mol. The predicted octanol–water partition coefficient (Wildman–Crippen LogP) is 4.20. The van der Waals surface area contributed by atoms with E-state index in [4.69, 9.17) is 0 Å². The molecule has 1 aliphatic heterocycles. The number of rotatable bonds is 3. The Morgan fingerprint density at radius 2 is 1.75 bits per heavy atom. The molecule has 1 heterocycles. The van der Waals surface area contributed by atoms with E-state index >= 15 is 0 Å². The Hall–Kier alpha value is -2.35. The molecule has 1 atom stereocenters. The van der Waals surface area contributed by atoms with Crippen molar-refractivity contribution in [3.05, 3.63) is 71.9 Å². The molecule has 2 nitrogen and oxygen atoms in total. The Labute approximate surface area is 119 Å². The van der Waals surface area contributed by atoms with E-state index in [1.165, 1.54) is 11.1 Å². The molecular formula is C18H17NO. The topological polar surface area (TPSA) is 20.3 Å². The van der Waals surface area contributed by atoms with Crippen LogP contribution in [-0.2, 0) is 4.79 Å². The van der Waals surface area contributed by atoms with Crippen molar-refractivity contribution in [2.45, 2.75) is 19.4 Å². The zero-order valence-corrected chi connectivity index (χ0v) is 11.5. The monoisotopic (exact) mass is 263 g/mol. The zero-order chi connectivity index (χ0) is 13.9. The molecule has 0 amide bonds. The van der Waals surface area contributed by atoms with Crippen LogP contribution >= 0.6 is 0 Å². The maximum absolute atomic E-state index is 11.6. The molecule has 0 saturated carbocycles. The summed E-state index contributed by atoms with van der Waals surface area (Å²) >= 11 is 0. The second-order valence-electron chi connectivity index (χ2n) is 5.11. The van der Waals surface area contributed by atoms with Gasteiger partial charge in [0.2, 0.25) is 0 Å². The lowest BCUT2D eigenvalue weighted by Gasteiger charge is -2.34. The van der Waals surface area contributed by atoms with Crippen LogP contribution in [0.1, 0.15) is 30.5 Å². The minimum Gasteiger partial charge on any atom is -0.340 e. The van der Waals surface area contributed by atoms with Crippen molar-refractivity contribution in [2.24, 2.45) is 0 Å². The molecular weight excluding hydrogens is 246 g/mol. The van der Waals surface area contributed by atoms with Crippen molar-refractivity contribution < 1.29 is 4.79 Å². The summed E-state index contributed by atoms with van der Waals surface area (Å²) in [5.74, 6) is 0.209. The third-order valence-corrected chi connectivity index (χ3v) is 3.64. The molecule has 0 spiro atoms. The van der Waals surface area contributed by atoms with Gasteiger partial charge >= 0.3 is 0 Å². The molecule has 1 unspecified atom stereocenters. The van der Waals surface area contributed by atoms with Gasteiger partial charge in [0.25, 0.3) is 0 Å². The number of hydrogen-bond donors (Lipinski definition) is 0. The van der Waals surface area contributed by atoms with Crippen LogP contribution in [0, 0.1) is 0 Å². The second-order valence-corrected chi connectivity index (χ2v) is 5.11. The van der Waals surface area contributed by atoms with Gasteiger partial charge in [-0.2, -0.15) is 0 Å². The number of carbonyl (C=O) groups is 1. The zero-order valence-electron chi connectivity index (χ0n) is 11.5. The molecule has 0 aliphatic carbocycles. The number of ketones is 1. The number of benzene rings is 2. The van der Waals surface area contributed by atoms with Gasteiger partial charge in [0.15, 0.2) is 0 Å². The van der Waals surface area contributed by atoms with Crippen molar-refractivity contribution in [3.63, 3.8) is 0 Å². The smallest absolute Gasteiger partial charge is 0.132 e. The number of hydrogen-bond acceptors (Lipinski definition) is 2. The maximum Gasteiger partial charge on any atom is 0.132 e.